The van der Waals surface area contributed by atoms with E-state index in [-0.39, 0.29) is 48.0 Å². The van der Waals surface area contributed by atoms with Gasteiger partial charge < -0.3 is 56.0 Å². The fourth-order valence-electron chi connectivity index (χ4n) is 6.23. The Balaban J connectivity index is 1.30. The predicted octanol–water partition coefficient (Wildman–Crippen LogP) is 4.11. The summed E-state index contributed by atoms with van der Waals surface area (Å²) in [7, 11) is -16.5. The number of nitrogens with zero attached hydrogens (tertiary/aromatic N) is 4. The van der Waals surface area contributed by atoms with Gasteiger partial charge >= 0.3 is 23.5 Å². The van der Waals surface area contributed by atoms with Crippen LogP contribution in [0, 0.1) is 5.41 Å². The zero-order valence-corrected chi connectivity index (χ0v) is 43.5. The normalized spacial score (nSPS) is 20.6. The van der Waals surface area contributed by atoms with Gasteiger partial charge in [-0.2, -0.15) is 4.31 Å². The Morgan fingerprint density at radius 1 is 0.889 bits per heavy atom. The topological polar surface area (TPSA) is 384 Å². The fraction of sp³-hybridized carbons (Fsp3) is 0.535. The summed E-state index contributed by atoms with van der Waals surface area (Å²) in [4.78, 5) is 88.4. The number of hydrogen-bond acceptors (Lipinski definition) is 19. The van der Waals surface area contributed by atoms with Crippen molar-refractivity contribution in [1.82, 2.24) is 30.2 Å². The number of phosphoric ester groups is 3. The first-order valence-electron chi connectivity index (χ1n) is 22.6. The number of allylic oxidation sites excluding steroid dienone is 10. The van der Waals surface area contributed by atoms with E-state index in [1.165, 1.54) is 13.8 Å². The van der Waals surface area contributed by atoms with Crippen molar-refractivity contribution < 1.29 is 85.6 Å². The summed E-state index contributed by atoms with van der Waals surface area (Å²) in [6.45, 7) is 2.51. The molecule has 1 aliphatic rings. The van der Waals surface area contributed by atoms with E-state index in [9.17, 15) is 63.0 Å². The van der Waals surface area contributed by atoms with E-state index < -0.39 is 90.7 Å². The summed E-state index contributed by atoms with van der Waals surface area (Å²) in [5.74, 6) is -1.19. The lowest BCUT2D eigenvalue weighted by atomic mass is 9.87. The highest BCUT2D eigenvalue weighted by molar-refractivity contribution is 8.13. The number of phosphoric acid groups is 3. The van der Waals surface area contributed by atoms with Crippen LogP contribution in [0.3, 0.4) is 0 Å². The van der Waals surface area contributed by atoms with Gasteiger partial charge in [0.15, 0.2) is 22.8 Å². The number of ether oxygens (including phenoxy) is 1. The number of aliphatic hydroxyl groups is 3. The van der Waals surface area contributed by atoms with Gasteiger partial charge in [-0.15, -0.1) is 0 Å². The molecule has 3 rings (SSSR count). The molecule has 72 heavy (non-hydrogen) atoms. The van der Waals surface area contributed by atoms with Gasteiger partial charge in [-0.3, -0.25) is 32.5 Å². The second kappa shape index (κ2) is 31.0. The highest BCUT2D eigenvalue weighted by Gasteiger charge is 2.50. The molecule has 402 valence electrons. The van der Waals surface area contributed by atoms with Crippen LogP contribution in [-0.4, -0.2) is 134 Å². The molecule has 29 heteroatoms. The molecule has 8 unspecified atom stereocenters. The molecule has 0 radical (unpaired) electrons. The van der Waals surface area contributed by atoms with E-state index in [4.69, 9.17) is 19.5 Å². The highest BCUT2D eigenvalue weighted by atomic mass is 32.2. The minimum absolute atomic E-state index is 0.0250. The number of nitrogens with one attached hydrogen (secondary N) is 2. The molecular formula is C43H66N7O18P3S. The molecule has 0 saturated carbocycles. The minimum Gasteiger partial charge on any atom is -0.389 e. The average molecular weight is 1090 g/mol. The zero-order chi connectivity index (χ0) is 53.4. The molecule has 11 N–H and O–H groups in total. The number of aliphatic hydroxyl groups excluding tert-OH is 3. The van der Waals surface area contributed by atoms with Crippen LogP contribution in [0.5, 0.6) is 0 Å². The number of carbonyl (C=O) groups excluding carboxylic acids is 3. The number of anilines is 1. The van der Waals surface area contributed by atoms with Gasteiger partial charge in [0.05, 0.1) is 25.6 Å². The van der Waals surface area contributed by atoms with Crippen molar-refractivity contribution in [2.45, 2.75) is 109 Å². The van der Waals surface area contributed by atoms with Crippen LogP contribution < -0.4 is 16.4 Å². The molecule has 2 aromatic rings. The van der Waals surface area contributed by atoms with E-state index in [0.29, 0.717) is 18.6 Å². The Hall–Kier alpha value is -4.04. The number of hydrogen-bond donors (Lipinski definition) is 10. The summed E-state index contributed by atoms with van der Waals surface area (Å²) >= 11 is 1.05. The van der Waals surface area contributed by atoms with Crippen LogP contribution in [-0.2, 0) is 50.7 Å². The number of carbonyl (C=O) groups is 3. The van der Waals surface area contributed by atoms with Crippen LogP contribution in [0.25, 0.3) is 11.2 Å². The number of rotatable bonds is 33. The van der Waals surface area contributed by atoms with E-state index in [1.54, 1.807) is 18.2 Å². The quantitative estimate of drug-likeness (QED) is 0.0208. The number of thioether (sulfide) groups is 1. The van der Waals surface area contributed by atoms with Gasteiger partial charge in [0.2, 0.25) is 11.8 Å². The fourth-order valence-corrected chi connectivity index (χ4v) is 9.75. The lowest BCUT2D eigenvalue weighted by Crippen LogP contribution is -2.46. The largest absolute Gasteiger partial charge is 0.481 e. The molecule has 1 aliphatic heterocycles. The van der Waals surface area contributed by atoms with Crippen molar-refractivity contribution in [3.63, 3.8) is 0 Å². The van der Waals surface area contributed by atoms with Crippen LogP contribution >= 0.6 is 35.2 Å². The van der Waals surface area contributed by atoms with Crippen molar-refractivity contribution >= 4 is 69.1 Å². The maximum Gasteiger partial charge on any atom is 0.481 e. The monoisotopic (exact) mass is 1090 g/mol. The highest BCUT2D eigenvalue weighted by Crippen LogP contribution is 2.61. The van der Waals surface area contributed by atoms with Gasteiger partial charge in [0, 0.05) is 37.1 Å². The van der Waals surface area contributed by atoms with E-state index >= 15 is 0 Å². The van der Waals surface area contributed by atoms with E-state index in [1.807, 2.05) is 18.2 Å². The van der Waals surface area contributed by atoms with Crippen molar-refractivity contribution in [2.24, 2.45) is 5.41 Å². The summed E-state index contributed by atoms with van der Waals surface area (Å²) in [5.41, 5.74) is 4.25. The lowest BCUT2D eigenvalue weighted by molar-refractivity contribution is -0.137. The average Bonchev–Trinajstić information content (AvgIpc) is 3.87. The molecule has 0 aliphatic carbocycles. The standard InChI is InChI=1S/C43H66N7O18P3S/c1-4-5-6-7-8-9-10-11-12-13-14-17-20-31(51)21-18-15-16-19-22-34(53)72-26-25-45-33(52)23-24-46-41(56)38(55)43(2,3)28-65-71(62,63)68-70(60,61)64-27-32-37(67-69(57,58)59)36(54)42(66-32)50-30-49-35-39(44)47-29-48-40(35)50/h5-6,8-9,11-12,14-18,21,29-32,36-38,42,51,54-55H,4,7,10,13,19-20,22-28H2,1-3H3,(H,45,52)(H,46,56)(H,60,61)(H,62,63)(H2,44,47,48)(H2,57,58,59)/b6-5+,9-8+,12-11+,16-15+,17-14+,21-18+. The van der Waals surface area contributed by atoms with Gasteiger partial charge in [0.25, 0.3) is 0 Å². The lowest BCUT2D eigenvalue weighted by Gasteiger charge is -2.30. The summed E-state index contributed by atoms with van der Waals surface area (Å²) in [6, 6.07) is 0. The van der Waals surface area contributed by atoms with Crippen molar-refractivity contribution in [3.8, 4) is 0 Å². The first kappa shape index (κ1) is 62.3. The zero-order valence-electron chi connectivity index (χ0n) is 40.0. The predicted molar refractivity (Wildman–Crippen MR) is 266 cm³/mol. The van der Waals surface area contributed by atoms with E-state index in [2.05, 4.69) is 77.8 Å². The molecule has 1 fully saturated rings. The van der Waals surface area contributed by atoms with Crippen LogP contribution in [0.4, 0.5) is 5.82 Å². The Bertz CT molecular complexity index is 2390. The molecule has 2 aromatic heterocycles. The summed E-state index contributed by atoms with van der Waals surface area (Å²) < 4.78 is 62.4. The van der Waals surface area contributed by atoms with Crippen LogP contribution in [0.1, 0.15) is 78.4 Å². The molecule has 3 heterocycles. The third-order valence-electron chi connectivity index (χ3n) is 9.96. The van der Waals surface area contributed by atoms with Crippen molar-refractivity contribution in [3.05, 3.63) is 85.6 Å². The van der Waals surface area contributed by atoms with Crippen molar-refractivity contribution in [1.29, 1.82) is 0 Å². The smallest absolute Gasteiger partial charge is 0.389 e. The molecule has 2 amide bonds. The van der Waals surface area contributed by atoms with Gasteiger partial charge in [-0.25, -0.2) is 28.6 Å². The van der Waals surface area contributed by atoms with Gasteiger partial charge in [-0.05, 0) is 38.5 Å². The van der Waals surface area contributed by atoms with E-state index in [0.717, 1.165) is 54.7 Å². The molecule has 0 spiro atoms. The second-order valence-corrected chi connectivity index (χ2v) is 21.8. The summed E-state index contributed by atoms with van der Waals surface area (Å²) in [6.07, 6.45) is 20.9. The second-order valence-electron chi connectivity index (χ2n) is 16.4. The van der Waals surface area contributed by atoms with Crippen LogP contribution in [0.15, 0.2) is 85.6 Å². The number of amides is 2. The third-order valence-corrected chi connectivity index (χ3v) is 14.0. The van der Waals surface area contributed by atoms with Crippen LogP contribution in [0.2, 0.25) is 0 Å². The first-order chi connectivity index (χ1) is 33.9. The number of imidazole rings is 1. The SMILES string of the molecule is CC/C=C/C/C=C/C/C=C/C/C=C/CC(O)/C=C/C=C/CCC(=O)SCCNC(=O)CCNC(=O)C(O)C(C)(C)COP(=O)(O)OP(=O)(O)OCC1OC(n2cnc3c(N)ncnc32)C(O)C1OP(=O)(O)O. The number of aromatic nitrogens is 4. The number of nitrogen functional groups attached to an aromatic ring is 1. The Labute approximate surface area is 421 Å². The van der Waals surface area contributed by atoms with Crippen molar-refractivity contribution in [2.75, 3.05) is 37.8 Å². The minimum atomic E-state index is -5.59. The molecular weight excluding hydrogens is 1030 g/mol. The maximum atomic E-state index is 12.8. The maximum absolute atomic E-state index is 12.8. The first-order valence-corrected chi connectivity index (χ1v) is 28.1. The van der Waals surface area contributed by atoms with Gasteiger partial charge in [0.1, 0.15) is 36.3 Å². The number of fused-ring (bicyclic) bond motifs is 1. The Kier molecular flexibility index (Phi) is 26.8. The Morgan fingerprint density at radius 2 is 1.54 bits per heavy atom. The molecule has 25 nitrogen and oxygen atoms in total. The molecule has 0 bridgehead atoms. The summed E-state index contributed by atoms with van der Waals surface area (Å²) in [5, 5.41) is 36.6. The van der Waals surface area contributed by atoms with Gasteiger partial charge in [-0.1, -0.05) is 105 Å². The molecule has 1 saturated heterocycles. The number of nitrogens with two attached hydrogens (primary N) is 1. The Morgan fingerprint density at radius 3 is 2.21 bits per heavy atom. The molecule has 8 atom stereocenters. The molecule has 0 aromatic carbocycles. The third kappa shape index (κ3) is 23.4.